The van der Waals surface area contributed by atoms with Crippen LogP contribution in [0, 0.1) is 18.3 Å². The topological polar surface area (TPSA) is 110 Å². The number of rotatable bonds is 12. The number of methoxy groups -OCH3 is 1. The van der Waals surface area contributed by atoms with E-state index in [9.17, 15) is 14.7 Å². The van der Waals surface area contributed by atoms with E-state index in [0.717, 1.165) is 74.7 Å². The third-order valence-corrected chi connectivity index (χ3v) is 14.0. The minimum Gasteiger partial charge on any atom is -0.496 e. The number of nitrogens with zero attached hydrogens (tertiary/aromatic N) is 5. The van der Waals surface area contributed by atoms with Crippen LogP contribution in [0.25, 0.3) is 11.1 Å². The minimum atomic E-state index is -0.460. The first-order valence-corrected chi connectivity index (χ1v) is 20.2. The highest BCUT2D eigenvalue weighted by Gasteiger charge is 2.51. The molecule has 10 heteroatoms. The van der Waals surface area contributed by atoms with Gasteiger partial charge in [-0.25, -0.2) is 9.78 Å². The molecule has 0 atom stereocenters. The molecule has 2 amide bonds. The van der Waals surface area contributed by atoms with Crippen molar-refractivity contribution >= 4 is 17.8 Å². The Morgan fingerprint density at radius 3 is 2.23 bits per heavy atom. The zero-order valence-electron chi connectivity index (χ0n) is 32.5. The molecule has 5 aliphatic rings. The van der Waals surface area contributed by atoms with Gasteiger partial charge >= 0.3 is 6.09 Å². The first-order valence-electron chi connectivity index (χ1n) is 20.2. The molecule has 53 heavy (non-hydrogen) atoms. The standard InChI is InChI=1S/C43H59N5O5/c1-6-43(7-2,8-3)48-26-33(25-45-48)32-15-22-44-38(24-32)47(39(50)31-9-12-36(13-10-31)53-40(51)46-27-35(49)28-46)29-41-16-19-42(20-17-41,21-18-41)34-11-14-37(52-5)30(4)23-34/h11,14-15,22-26,31,35-36,49H,6-10,12-13,16-21,27-29H2,1-5H3. The van der Waals surface area contributed by atoms with Crippen molar-refractivity contribution in [2.75, 3.05) is 31.6 Å². The van der Waals surface area contributed by atoms with Gasteiger partial charge in [0.05, 0.1) is 38.0 Å². The second-order valence-corrected chi connectivity index (χ2v) is 16.7. The van der Waals surface area contributed by atoms with Gasteiger partial charge in [0.25, 0.3) is 0 Å². The van der Waals surface area contributed by atoms with Crippen molar-refractivity contribution in [3.63, 3.8) is 0 Å². The number of anilines is 1. The minimum absolute atomic E-state index is 0.0132. The van der Waals surface area contributed by atoms with Gasteiger partial charge in [0.2, 0.25) is 5.91 Å². The number of β-amino-alcohol motifs (C(OH)–C–C–N with tert-alkyl or cyclic N) is 1. The predicted octanol–water partition coefficient (Wildman–Crippen LogP) is 8.18. The molecule has 3 heterocycles. The van der Waals surface area contributed by atoms with Crippen LogP contribution in [-0.2, 0) is 20.5 Å². The normalized spacial score (nSPS) is 25.9. The largest absolute Gasteiger partial charge is 0.496 e. The monoisotopic (exact) mass is 725 g/mol. The van der Waals surface area contributed by atoms with Crippen LogP contribution in [0.1, 0.15) is 115 Å². The number of aliphatic hydroxyl groups excluding tert-OH is 1. The smallest absolute Gasteiger partial charge is 0.410 e. The molecule has 0 spiro atoms. The maximum atomic E-state index is 14.8. The quantitative estimate of drug-likeness (QED) is 0.201. The van der Waals surface area contributed by atoms with Crippen molar-refractivity contribution in [2.24, 2.45) is 11.3 Å². The second kappa shape index (κ2) is 15.1. The average molecular weight is 726 g/mol. The molecular formula is C43H59N5O5. The fourth-order valence-corrected chi connectivity index (χ4v) is 9.93. The highest BCUT2D eigenvalue weighted by Crippen LogP contribution is 2.58. The van der Waals surface area contributed by atoms with Crippen molar-refractivity contribution in [1.29, 1.82) is 0 Å². The highest BCUT2D eigenvalue weighted by molar-refractivity contribution is 5.95. The Morgan fingerprint density at radius 1 is 0.943 bits per heavy atom. The van der Waals surface area contributed by atoms with Crippen molar-refractivity contribution in [3.05, 3.63) is 60.0 Å². The van der Waals surface area contributed by atoms with E-state index < -0.39 is 6.10 Å². The number of amides is 2. The van der Waals surface area contributed by atoms with E-state index in [-0.39, 0.29) is 40.4 Å². The molecule has 286 valence electrons. The van der Waals surface area contributed by atoms with E-state index in [4.69, 9.17) is 19.6 Å². The molecule has 1 saturated heterocycles. The Bertz CT molecular complexity index is 1740. The number of aromatic nitrogens is 3. The molecule has 8 rings (SSSR count). The van der Waals surface area contributed by atoms with Crippen molar-refractivity contribution in [1.82, 2.24) is 19.7 Å². The Labute approximate surface area is 315 Å². The average Bonchev–Trinajstić information content (AvgIpc) is 3.68. The van der Waals surface area contributed by atoms with Gasteiger partial charge in [0, 0.05) is 30.4 Å². The highest BCUT2D eigenvalue weighted by atomic mass is 16.6. The number of ether oxygens (including phenoxy) is 2. The molecule has 2 aromatic heterocycles. The molecule has 4 saturated carbocycles. The van der Waals surface area contributed by atoms with Gasteiger partial charge in [-0.3, -0.25) is 14.4 Å². The number of hydrogen-bond donors (Lipinski definition) is 1. The number of benzene rings is 1. The molecule has 5 fully saturated rings. The van der Waals surface area contributed by atoms with Gasteiger partial charge < -0.3 is 19.5 Å². The van der Waals surface area contributed by atoms with Crippen LogP contribution < -0.4 is 9.64 Å². The third kappa shape index (κ3) is 7.20. The number of hydrogen-bond acceptors (Lipinski definition) is 7. The lowest BCUT2D eigenvalue weighted by atomic mass is 9.51. The zero-order chi connectivity index (χ0) is 37.4. The molecule has 3 aromatic rings. The number of aryl methyl sites for hydroxylation is 1. The van der Waals surface area contributed by atoms with Crippen molar-refractivity contribution in [3.8, 4) is 16.9 Å². The van der Waals surface area contributed by atoms with Crippen LogP contribution in [0.15, 0.2) is 48.9 Å². The lowest BCUT2D eigenvalue weighted by molar-refractivity contribution is -0.124. The third-order valence-electron chi connectivity index (χ3n) is 14.0. The lowest BCUT2D eigenvalue weighted by Gasteiger charge is -2.55. The summed E-state index contributed by atoms with van der Waals surface area (Å²) in [7, 11) is 1.73. The van der Waals surface area contributed by atoms with Gasteiger partial charge in [-0.1, -0.05) is 32.9 Å². The number of likely N-dealkylation sites (tertiary alicyclic amines) is 1. The molecule has 0 radical (unpaired) electrons. The number of aliphatic hydroxyl groups is 1. The van der Waals surface area contributed by atoms with E-state index in [1.807, 2.05) is 23.4 Å². The van der Waals surface area contributed by atoms with Crippen LogP contribution in [0.3, 0.4) is 0 Å². The molecule has 0 unspecified atom stereocenters. The number of fused-ring (bicyclic) bond motifs is 3. The predicted molar refractivity (Wildman–Crippen MR) is 206 cm³/mol. The van der Waals surface area contributed by atoms with Crippen LogP contribution >= 0.6 is 0 Å². The number of carbonyl (C=O) groups is 2. The van der Waals surface area contributed by atoms with Crippen LogP contribution in [0.5, 0.6) is 5.75 Å². The number of pyridine rings is 1. The number of carbonyl (C=O) groups excluding carboxylic acids is 2. The second-order valence-electron chi connectivity index (χ2n) is 16.7. The van der Waals surface area contributed by atoms with Crippen LogP contribution in [-0.4, -0.2) is 75.7 Å². The van der Waals surface area contributed by atoms with Crippen molar-refractivity contribution < 1.29 is 24.2 Å². The maximum Gasteiger partial charge on any atom is 0.410 e. The molecule has 4 aliphatic carbocycles. The first-order chi connectivity index (χ1) is 25.5. The van der Waals surface area contributed by atoms with Crippen molar-refractivity contribution in [2.45, 2.75) is 134 Å². The van der Waals surface area contributed by atoms with Gasteiger partial charge in [0.15, 0.2) is 0 Å². The molecule has 1 aliphatic heterocycles. The molecule has 2 bridgehead atoms. The van der Waals surface area contributed by atoms with E-state index in [0.29, 0.717) is 51.1 Å². The molecule has 10 nitrogen and oxygen atoms in total. The summed E-state index contributed by atoms with van der Waals surface area (Å²) in [6, 6.07) is 10.8. The van der Waals surface area contributed by atoms with Crippen LogP contribution in [0.4, 0.5) is 10.6 Å². The molecular weight excluding hydrogens is 667 g/mol. The van der Waals surface area contributed by atoms with E-state index in [1.165, 1.54) is 16.0 Å². The summed E-state index contributed by atoms with van der Waals surface area (Å²) in [5.74, 6) is 1.62. The Kier molecular flexibility index (Phi) is 10.6. The molecule has 1 N–H and O–H groups in total. The summed E-state index contributed by atoms with van der Waals surface area (Å²) in [4.78, 5) is 35.8. The first kappa shape index (κ1) is 37.4. The Morgan fingerprint density at radius 2 is 1.62 bits per heavy atom. The van der Waals surface area contributed by atoms with E-state index in [2.05, 4.69) is 62.8 Å². The zero-order valence-corrected chi connectivity index (χ0v) is 32.5. The summed E-state index contributed by atoms with van der Waals surface area (Å²) in [5, 5.41) is 14.4. The van der Waals surface area contributed by atoms with E-state index in [1.54, 1.807) is 7.11 Å². The Balaban J connectivity index is 1.12. The summed E-state index contributed by atoms with van der Waals surface area (Å²) >= 11 is 0. The van der Waals surface area contributed by atoms with Gasteiger partial charge in [-0.2, -0.15) is 5.10 Å². The maximum absolute atomic E-state index is 14.8. The van der Waals surface area contributed by atoms with Gasteiger partial charge in [-0.05, 0) is 136 Å². The summed E-state index contributed by atoms with van der Waals surface area (Å²) in [6.07, 6.45) is 17.2. The summed E-state index contributed by atoms with van der Waals surface area (Å²) in [5.41, 5.74) is 4.87. The van der Waals surface area contributed by atoms with Gasteiger partial charge in [-0.15, -0.1) is 0 Å². The van der Waals surface area contributed by atoms with E-state index >= 15 is 0 Å². The Hall–Kier alpha value is -3.92. The fourth-order valence-electron chi connectivity index (χ4n) is 9.93. The SMILES string of the molecule is CCC(CC)(CC)n1cc(-c2ccnc(N(CC34CCC(c5ccc(OC)c(C)c5)(CC3)CC4)C(=O)C3CCC(OC(=O)N4CC(O)C4)CC3)c2)cn1. The van der Waals surface area contributed by atoms with Crippen LogP contribution in [0.2, 0.25) is 0 Å². The molecule has 1 aromatic carbocycles. The lowest BCUT2D eigenvalue weighted by Crippen LogP contribution is -2.54. The fraction of sp³-hybridized carbons (Fsp3) is 0.628. The summed E-state index contributed by atoms with van der Waals surface area (Å²) in [6.45, 7) is 10.1. The van der Waals surface area contributed by atoms with Gasteiger partial charge in [0.1, 0.15) is 17.7 Å². The summed E-state index contributed by atoms with van der Waals surface area (Å²) < 4.78 is 13.5.